The van der Waals surface area contributed by atoms with Crippen molar-refractivity contribution in [1.29, 1.82) is 0 Å². The van der Waals surface area contributed by atoms with E-state index >= 15 is 0 Å². The smallest absolute Gasteiger partial charge is 0.407 e. The van der Waals surface area contributed by atoms with Crippen molar-refractivity contribution in [3.8, 4) is 0 Å². The number of likely N-dealkylation sites (N-methyl/N-ethyl adjacent to an activating group) is 1. The number of hydrogen-bond donors (Lipinski definition) is 1. The first-order chi connectivity index (χ1) is 11.1. The number of piperazine rings is 1. The highest BCUT2D eigenvalue weighted by atomic mass is 16.5. The second kappa shape index (κ2) is 8.89. The zero-order valence-corrected chi connectivity index (χ0v) is 14.5. The highest BCUT2D eigenvalue weighted by Gasteiger charge is 2.25. The first-order valence-corrected chi connectivity index (χ1v) is 8.43. The molecule has 1 aliphatic rings. The van der Waals surface area contributed by atoms with Gasteiger partial charge in [0.05, 0.1) is 0 Å². The third-order valence-electron chi connectivity index (χ3n) is 4.44. The summed E-state index contributed by atoms with van der Waals surface area (Å²) in [5, 5.41) is 2.93. The van der Waals surface area contributed by atoms with Crippen LogP contribution in [0.25, 0.3) is 0 Å². The fourth-order valence-corrected chi connectivity index (χ4v) is 2.90. The van der Waals surface area contributed by atoms with Gasteiger partial charge in [0.1, 0.15) is 6.61 Å². The van der Waals surface area contributed by atoms with E-state index in [1.807, 2.05) is 30.3 Å². The maximum atomic E-state index is 11.9. The Morgan fingerprint density at radius 1 is 1.17 bits per heavy atom. The second-order valence-corrected chi connectivity index (χ2v) is 6.59. The zero-order chi connectivity index (χ0) is 16.7. The predicted octanol–water partition coefficient (Wildman–Crippen LogP) is 2.18. The Morgan fingerprint density at radius 3 is 2.43 bits per heavy atom. The first kappa shape index (κ1) is 17.8. The van der Waals surface area contributed by atoms with Crippen molar-refractivity contribution in [2.24, 2.45) is 5.92 Å². The van der Waals surface area contributed by atoms with Gasteiger partial charge in [-0.2, -0.15) is 0 Å². The number of ether oxygens (including phenoxy) is 1. The molecule has 0 bridgehead atoms. The molecule has 5 heteroatoms. The number of carbonyl (C=O) groups excluding carboxylic acids is 1. The van der Waals surface area contributed by atoms with E-state index in [0.717, 1.165) is 31.7 Å². The normalized spacial score (nSPS) is 17.9. The third kappa shape index (κ3) is 5.84. The largest absolute Gasteiger partial charge is 0.445 e. The molecular weight excluding hydrogens is 290 g/mol. The van der Waals surface area contributed by atoms with E-state index in [4.69, 9.17) is 4.74 Å². The molecule has 5 nitrogen and oxygen atoms in total. The van der Waals surface area contributed by atoms with Gasteiger partial charge in [0.15, 0.2) is 0 Å². The summed E-state index contributed by atoms with van der Waals surface area (Å²) in [6.07, 6.45) is -0.339. The molecule has 1 amide bonds. The first-order valence-electron chi connectivity index (χ1n) is 8.43. The highest BCUT2D eigenvalue weighted by Crippen LogP contribution is 2.13. The van der Waals surface area contributed by atoms with E-state index in [2.05, 4.69) is 36.0 Å². The summed E-state index contributed by atoms with van der Waals surface area (Å²) in [6, 6.07) is 10.1. The molecule has 1 saturated heterocycles. The Morgan fingerprint density at radius 2 is 1.83 bits per heavy atom. The molecule has 0 spiro atoms. The van der Waals surface area contributed by atoms with Crippen LogP contribution in [0.15, 0.2) is 30.3 Å². The SMILES string of the molecule is CC(C)C(CNC(=O)OCc1ccccc1)N1CCN(C)CC1. The van der Waals surface area contributed by atoms with Gasteiger partial charge in [0.25, 0.3) is 0 Å². The van der Waals surface area contributed by atoms with Gasteiger partial charge in [0.2, 0.25) is 0 Å². The molecule has 1 unspecified atom stereocenters. The number of carbonyl (C=O) groups is 1. The maximum absolute atomic E-state index is 11.9. The molecule has 1 aromatic carbocycles. The fraction of sp³-hybridized carbons (Fsp3) is 0.611. The van der Waals surface area contributed by atoms with Crippen LogP contribution in [-0.4, -0.2) is 61.7 Å². The Kier molecular flexibility index (Phi) is 6.86. The lowest BCUT2D eigenvalue weighted by Gasteiger charge is -2.39. The molecule has 1 heterocycles. The van der Waals surface area contributed by atoms with Crippen LogP contribution in [0.3, 0.4) is 0 Å². The van der Waals surface area contributed by atoms with Crippen LogP contribution in [0.1, 0.15) is 19.4 Å². The standard InChI is InChI=1S/C18H29N3O2/c1-15(2)17(21-11-9-20(3)10-12-21)13-19-18(22)23-14-16-7-5-4-6-8-16/h4-8,15,17H,9-14H2,1-3H3,(H,19,22). The minimum absolute atomic E-state index is 0.313. The Bertz CT molecular complexity index is 470. The summed E-state index contributed by atoms with van der Waals surface area (Å²) in [4.78, 5) is 16.7. The molecule has 1 atom stereocenters. The molecule has 1 N–H and O–H groups in total. The molecular formula is C18H29N3O2. The van der Waals surface area contributed by atoms with Gasteiger partial charge in [-0.15, -0.1) is 0 Å². The van der Waals surface area contributed by atoms with Crippen LogP contribution >= 0.6 is 0 Å². The molecule has 23 heavy (non-hydrogen) atoms. The number of nitrogens with zero attached hydrogens (tertiary/aromatic N) is 2. The summed E-state index contributed by atoms with van der Waals surface area (Å²) < 4.78 is 5.29. The van der Waals surface area contributed by atoms with Crippen molar-refractivity contribution >= 4 is 6.09 Å². The summed E-state index contributed by atoms with van der Waals surface area (Å²) >= 11 is 0. The van der Waals surface area contributed by atoms with Crippen LogP contribution in [-0.2, 0) is 11.3 Å². The van der Waals surface area contributed by atoms with Crippen molar-refractivity contribution < 1.29 is 9.53 Å². The molecule has 1 aromatic rings. The van der Waals surface area contributed by atoms with E-state index in [-0.39, 0.29) is 6.09 Å². The van der Waals surface area contributed by atoms with E-state index in [9.17, 15) is 4.79 Å². The number of hydrogen-bond acceptors (Lipinski definition) is 4. The maximum Gasteiger partial charge on any atom is 0.407 e. The molecule has 128 valence electrons. The van der Waals surface area contributed by atoms with E-state index in [1.165, 1.54) is 0 Å². The van der Waals surface area contributed by atoms with Gasteiger partial charge in [-0.05, 0) is 18.5 Å². The van der Waals surface area contributed by atoms with Crippen LogP contribution in [0, 0.1) is 5.92 Å². The fourth-order valence-electron chi connectivity index (χ4n) is 2.90. The monoisotopic (exact) mass is 319 g/mol. The molecule has 1 aliphatic heterocycles. The molecule has 2 rings (SSSR count). The molecule has 0 radical (unpaired) electrons. The van der Waals surface area contributed by atoms with Crippen LogP contribution in [0.5, 0.6) is 0 Å². The number of amides is 1. The summed E-state index contributed by atoms with van der Waals surface area (Å²) in [5.41, 5.74) is 1.00. The van der Waals surface area contributed by atoms with Crippen molar-refractivity contribution in [1.82, 2.24) is 15.1 Å². The Balaban J connectivity index is 1.76. The number of rotatable bonds is 6. The molecule has 0 aliphatic carbocycles. The van der Waals surface area contributed by atoms with E-state index in [0.29, 0.717) is 25.1 Å². The van der Waals surface area contributed by atoms with E-state index < -0.39 is 0 Å². The quantitative estimate of drug-likeness (QED) is 0.873. The van der Waals surface area contributed by atoms with Gasteiger partial charge < -0.3 is 15.0 Å². The predicted molar refractivity (Wildman–Crippen MR) is 92.3 cm³/mol. The number of benzene rings is 1. The van der Waals surface area contributed by atoms with Crippen molar-refractivity contribution in [3.05, 3.63) is 35.9 Å². The minimum Gasteiger partial charge on any atom is -0.445 e. The van der Waals surface area contributed by atoms with E-state index in [1.54, 1.807) is 0 Å². The summed E-state index contributed by atoms with van der Waals surface area (Å²) in [5.74, 6) is 0.493. The topological polar surface area (TPSA) is 44.8 Å². The highest BCUT2D eigenvalue weighted by molar-refractivity contribution is 5.67. The Hall–Kier alpha value is -1.59. The Labute approximate surface area is 139 Å². The van der Waals surface area contributed by atoms with Crippen molar-refractivity contribution in [2.45, 2.75) is 26.5 Å². The second-order valence-electron chi connectivity index (χ2n) is 6.59. The summed E-state index contributed by atoms with van der Waals surface area (Å²) in [6.45, 7) is 9.64. The van der Waals surface area contributed by atoms with Gasteiger partial charge >= 0.3 is 6.09 Å². The zero-order valence-electron chi connectivity index (χ0n) is 14.5. The van der Waals surface area contributed by atoms with Crippen LogP contribution in [0.2, 0.25) is 0 Å². The van der Waals surface area contributed by atoms with Gasteiger partial charge in [-0.25, -0.2) is 4.79 Å². The van der Waals surface area contributed by atoms with Crippen LogP contribution in [0.4, 0.5) is 4.79 Å². The van der Waals surface area contributed by atoms with Gasteiger partial charge in [0, 0.05) is 38.8 Å². The lowest BCUT2D eigenvalue weighted by Crippen LogP contribution is -2.54. The number of nitrogens with one attached hydrogen (secondary N) is 1. The average Bonchev–Trinajstić information content (AvgIpc) is 2.55. The van der Waals surface area contributed by atoms with Gasteiger partial charge in [-0.1, -0.05) is 44.2 Å². The summed E-state index contributed by atoms with van der Waals surface area (Å²) in [7, 11) is 2.15. The number of alkyl carbamates (subject to hydrolysis) is 1. The minimum atomic E-state index is -0.339. The molecule has 0 saturated carbocycles. The molecule has 1 fully saturated rings. The van der Waals surface area contributed by atoms with Crippen LogP contribution < -0.4 is 5.32 Å². The lowest BCUT2D eigenvalue weighted by atomic mass is 10.0. The van der Waals surface area contributed by atoms with Crippen molar-refractivity contribution in [2.75, 3.05) is 39.8 Å². The third-order valence-corrected chi connectivity index (χ3v) is 4.44. The average molecular weight is 319 g/mol. The lowest BCUT2D eigenvalue weighted by molar-refractivity contribution is 0.0836. The van der Waals surface area contributed by atoms with Gasteiger partial charge in [-0.3, -0.25) is 4.90 Å². The van der Waals surface area contributed by atoms with Crippen molar-refractivity contribution in [3.63, 3.8) is 0 Å². The molecule has 0 aromatic heterocycles.